The van der Waals surface area contributed by atoms with Gasteiger partial charge in [-0.25, -0.2) is 4.79 Å². The maximum atomic E-state index is 11.9. The number of halogens is 1. The fourth-order valence-corrected chi connectivity index (χ4v) is 1.82. The van der Waals surface area contributed by atoms with Gasteiger partial charge in [-0.2, -0.15) is 5.10 Å². The van der Waals surface area contributed by atoms with Crippen molar-refractivity contribution in [2.75, 3.05) is 5.32 Å². The van der Waals surface area contributed by atoms with E-state index in [1.807, 2.05) is 0 Å². The van der Waals surface area contributed by atoms with Gasteiger partial charge in [0.15, 0.2) is 5.69 Å². The minimum atomic E-state index is -1.21. The van der Waals surface area contributed by atoms with E-state index in [9.17, 15) is 9.59 Å². The van der Waals surface area contributed by atoms with E-state index in [2.05, 4.69) is 10.4 Å². The number of nitrogens with zero attached hydrogens (tertiary/aromatic N) is 2. The van der Waals surface area contributed by atoms with E-state index in [0.29, 0.717) is 0 Å². The summed E-state index contributed by atoms with van der Waals surface area (Å²) in [6.45, 7) is 0. The smallest absolute Gasteiger partial charge is 0.339 e. The highest BCUT2D eigenvalue weighted by atomic mass is 35.5. The third kappa shape index (κ3) is 2.74. The van der Waals surface area contributed by atoms with Gasteiger partial charge in [-0.3, -0.25) is 9.48 Å². The Morgan fingerprint density at radius 3 is 2.68 bits per heavy atom. The maximum absolute atomic E-state index is 11.9. The number of carboxylic acids is 1. The van der Waals surface area contributed by atoms with Gasteiger partial charge in [-0.05, 0) is 18.2 Å². The number of carbonyl (C=O) groups is 2. The molecule has 7 heteroatoms. The van der Waals surface area contributed by atoms with Crippen molar-refractivity contribution in [3.63, 3.8) is 0 Å². The van der Waals surface area contributed by atoms with Gasteiger partial charge >= 0.3 is 5.97 Å². The third-order valence-electron chi connectivity index (χ3n) is 2.42. The predicted octanol–water partition coefficient (Wildman–Crippen LogP) is 2.02. The Morgan fingerprint density at radius 2 is 2.11 bits per heavy atom. The summed E-state index contributed by atoms with van der Waals surface area (Å²) >= 11 is 5.81. The molecule has 1 heterocycles. The third-order valence-corrected chi connectivity index (χ3v) is 2.74. The SMILES string of the molecule is Cn1ccc(C(=O)Nc2cccc(Cl)c2C(=O)O)n1. The van der Waals surface area contributed by atoms with Crippen LogP contribution in [0.1, 0.15) is 20.8 Å². The fourth-order valence-electron chi connectivity index (χ4n) is 1.57. The van der Waals surface area contributed by atoms with Crippen LogP contribution in [0.3, 0.4) is 0 Å². The van der Waals surface area contributed by atoms with Crippen LogP contribution in [-0.4, -0.2) is 26.8 Å². The molecule has 0 unspecified atom stereocenters. The Balaban J connectivity index is 2.31. The second-order valence-corrected chi connectivity index (χ2v) is 4.20. The van der Waals surface area contributed by atoms with Crippen molar-refractivity contribution in [2.24, 2.45) is 7.05 Å². The number of carboxylic acid groups (broad SMARTS) is 1. The molecule has 0 bridgehead atoms. The van der Waals surface area contributed by atoms with Gasteiger partial charge in [-0.15, -0.1) is 0 Å². The second-order valence-electron chi connectivity index (χ2n) is 3.80. The summed E-state index contributed by atoms with van der Waals surface area (Å²) in [6.07, 6.45) is 1.62. The molecular formula is C12H10ClN3O3. The van der Waals surface area contributed by atoms with Crippen LogP contribution in [0.5, 0.6) is 0 Å². The molecule has 0 aliphatic carbocycles. The monoisotopic (exact) mass is 279 g/mol. The Kier molecular flexibility index (Phi) is 3.52. The zero-order valence-corrected chi connectivity index (χ0v) is 10.7. The largest absolute Gasteiger partial charge is 0.478 e. The van der Waals surface area contributed by atoms with Crippen molar-refractivity contribution in [1.82, 2.24) is 9.78 Å². The lowest BCUT2D eigenvalue weighted by atomic mass is 10.1. The average Bonchev–Trinajstić information content (AvgIpc) is 2.75. The van der Waals surface area contributed by atoms with Gasteiger partial charge in [0.2, 0.25) is 0 Å². The summed E-state index contributed by atoms with van der Waals surface area (Å²) < 4.78 is 1.48. The van der Waals surface area contributed by atoms with Gasteiger partial charge in [0.25, 0.3) is 5.91 Å². The summed E-state index contributed by atoms with van der Waals surface area (Å²) in [7, 11) is 1.68. The topological polar surface area (TPSA) is 84.2 Å². The molecule has 0 aliphatic heterocycles. The minimum absolute atomic E-state index is 0.0614. The standard InChI is InChI=1S/C12H10ClN3O3/c1-16-6-5-9(15-16)11(17)14-8-4-2-3-7(13)10(8)12(18)19/h2-6H,1H3,(H,14,17)(H,18,19). The Hall–Kier alpha value is -2.34. The number of rotatable bonds is 3. The first-order valence-corrected chi connectivity index (χ1v) is 5.69. The van der Waals surface area contributed by atoms with Gasteiger partial charge in [0, 0.05) is 13.2 Å². The molecule has 0 saturated carbocycles. The van der Waals surface area contributed by atoms with E-state index >= 15 is 0 Å². The van der Waals surface area contributed by atoms with Crippen LogP contribution in [0.15, 0.2) is 30.5 Å². The summed E-state index contributed by atoms with van der Waals surface area (Å²) in [4.78, 5) is 23.0. The number of aromatic carboxylic acids is 1. The zero-order valence-electron chi connectivity index (χ0n) is 9.92. The molecule has 6 nitrogen and oxygen atoms in total. The number of amides is 1. The number of aromatic nitrogens is 2. The number of benzene rings is 1. The Labute approximate surface area is 113 Å². The van der Waals surface area contributed by atoms with Gasteiger partial charge in [-0.1, -0.05) is 17.7 Å². The molecule has 0 fully saturated rings. The highest BCUT2D eigenvalue weighted by Gasteiger charge is 2.17. The molecule has 0 atom stereocenters. The van der Waals surface area contributed by atoms with Crippen molar-refractivity contribution in [3.05, 3.63) is 46.7 Å². The van der Waals surface area contributed by atoms with Gasteiger partial charge < -0.3 is 10.4 Å². The molecule has 0 aliphatic rings. The van der Waals surface area contributed by atoms with E-state index in [-0.39, 0.29) is 22.0 Å². The highest BCUT2D eigenvalue weighted by Crippen LogP contribution is 2.24. The van der Waals surface area contributed by atoms with E-state index in [1.54, 1.807) is 19.3 Å². The molecule has 0 saturated heterocycles. The first-order valence-electron chi connectivity index (χ1n) is 5.32. The lowest BCUT2D eigenvalue weighted by Gasteiger charge is -2.08. The molecule has 1 aromatic carbocycles. The highest BCUT2D eigenvalue weighted by molar-refractivity contribution is 6.34. The fraction of sp³-hybridized carbons (Fsp3) is 0.0833. The Morgan fingerprint density at radius 1 is 1.37 bits per heavy atom. The second kappa shape index (κ2) is 5.11. The quantitative estimate of drug-likeness (QED) is 0.900. The van der Waals surface area contributed by atoms with Crippen LogP contribution in [0.25, 0.3) is 0 Å². The van der Waals surface area contributed by atoms with Crippen LogP contribution in [0.2, 0.25) is 5.02 Å². The number of nitrogens with one attached hydrogen (secondary N) is 1. The number of hydrogen-bond donors (Lipinski definition) is 2. The van der Waals surface area contributed by atoms with Crippen LogP contribution >= 0.6 is 11.6 Å². The van der Waals surface area contributed by atoms with Crippen molar-refractivity contribution in [2.45, 2.75) is 0 Å². The van der Waals surface area contributed by atoms with Crippen molar-refractivity contribution in [1.29, 1.82) is 0 Å². The average molecular weight is 280 g/mol. The van der Waals surface area contributed by atoms with Gasteiger partial charge in [0.1, 0.15) is 5.56 Å². The lowest BCUT2D eigenvalue weighted by Crippen LogP contribution is -2.16. The molecule has 19 heavy (non-hydrogen) atoms. The number of anilines is 1. The van der Waals surface area contributed by atoms with Crippen molar-refractivity contribution < 1.29 is 14.7 Å². The van der Waals surface area contributed by atoms with E-state index in [0.717, 1.165) is 0 Å². The van der Waals surface area contributed by atoms with E-state index in [1.165, 1.54) is 22.9 Å². The molecule has 2 aromatic rings. The number of carbonyl (C=O) groups excluding carboxylic acids is 1. The number of hydrogen-bond acceptors (Lipinski definition) is 3. The summed E-state index contributed by atoms with van der Waals surface area (Å²) in [5.74, 6) is -1.70. The first kappa shape index (κ1) is 13.1. The molecule has 98 valence electrons. The molecule has 2 rings (SSSR count). The predicted molar refractivity (Wildman–Crippen MR) is 69.6 cm³/mol. The summed E-state index contributed by atoms with van der Waals surface area (Å²) in [6, 6.07) is 6.00. The molecule has 0 spiro atoms. The zero-order chi connectivity index (χ0) is 14.0. The summed E-state index contributed by atoms with van der Waals surface area (Å²) in [5.41, 5.74) is 0.183. The normalized spacial score (nSPS) is 10.2. The number of aryl methyl sites for hydroxylation is 1. The molecule has 0 radical (unpaired) electrons. The molecule has 1 aromatic heterocycles. The van der Waals surface area contributed by atoms with Crippen LogP contribution in [0, 0.1) is 0 Å². The van der Waals surface area contributed by atoms with Gasteiger partial charge in [0.05, 0.1) is 10.7 Å². The summed E-state index contributed by atoms with van der Waals surface area (Å²) in [5, 5.41) is 15.6. The Bertz CT molecular complexity index is 651. The molecule has 2 N–H and O–H groups in total. The molecule has 1 amide bonds. The van der Waals surface area contributed by atoms with Crippen molar-refractivity contribution >= 4 is 29.2 Å². The van der Waals surface area contributed by atoms with Crippen molar-refractivity contribution in [3.8, 4) is 0 Å². The first-order chi connectivity index (χ1) is 8.99. The van der Waals surface area contributed by atoms with Crippen LogP contribution in [-0.2, 0) is 7.05 Å². The van der Waals surface area contributed by atoms with Crippen LogP contribution < -0.4 is 5.32 Å². The minimum Gasteiger partial charge on any atom is -0.478 e. The maximum Gasteiger partial charge on any atom is 0.339 e. The lowest BCUT2D eigenvalue weighted by molar-refractivity contribution is 0.0698. The van der Waals surface area contributed by atoms with E-state index < -0.39 is 11.9 Å². The van der Waals surface area contributed by atoms with Crippen LogP contribution in [0.4, 0.5) is 5.69 Å². The van der Waals surface area contributed by atoms with E-state index in [4.69, 9.17) is 16.7 Å². The molecular weight excluding hydrogens is 270 g/mol.